The Morgan fingerprint density at radius 2 is 1.94 bits per heavy atom. The maximum atomic E-state index is 13.2. The van der Waals surface area contributed by atoms with Gasteiger partial charge >= 0.3 is 6.18 Å². The van der Waals surface area contributed by atoms with Crippen molar-refractivity contribution in [1.29, 1.82) is 5.26 Å². The van der Waals surface area contributed by atoms with E-state index in [-0.39, 0.29) is 27.7 Å². The van der Waals surface area contributed by atoms with E-state index in [0.717, 1.165) is 98.4 Å². The Labute approximate surface area is 294 Å². The van der Waals surface area contributed by atoms with Crippen molar-refractivity contribution in [3.8, 4) is 6.07 Å². The Morgan fingerprint density at radius 1 is 1.12 bits per heavy atom. The number of fused-ring (bicyclic) bond motifs is 4. The highest BCUT2D eigenvalue weighted by Crippen LogP contribution is 2.51. The monoisotopic (exact) mass is 701 g/mol. The fraction of sp³-hybridized carbons (Fsp3) is 0.526. The van der Waals surface area contributed by atoms with Gasteiger partial charge in [-0.1, -0.05) is 25.1 Å². The molecule has 5 heterocycles. The average Bonchev–Trinajstić information content (AvgIpc) is 3.91. The lowest BCUT2D eigenvalue weighted by Crippen LogP contribution is -2.38. The van der Waals surface area contributed by atoms with Gasteiger partial charge in [0, 0.05) is 71.8 Å². The van der Waals surface area contributed by atoms with Gasteiger partial charge in [0.05, 0.1) is 11.8 Å². The number of hydrogen-bond donors (Lipinski definition) is 1. The van der Waals surface area contributed by atoms with Crippen LogP contribution < -0.4 is 10.2 Å². The molecule has 3 fully saturated rings. The Hall–Kier alpha value is -3.95. The zero-order valence-electron chi connectivity index (χ0n) is 28.7. The molecule has 3 aromatic heterocycles. The van der Waals surface area contributed by atoms with Crippen LogP contribution in [0.25, 0.3) is 21.1 Å². The van der Waals surface area contributed by atoms with Crippen molar-refractivity contribution >= 4 is 44.2 Å². The molecule has 1 aromatic carbocycles. The third-order valence-electron chi connectivity index (χ3n) is 11.8. The topological polar surface area (TPSA) is 90.1 Å². The van der Waals surface area contributed by atoms with Gasteiger partial charge in [0.15, 0.2) is 0 Å². The van der Waals surface area contributed by atoms with Gasteiger partial charge in [0.25, 0.3) is 0 Å². The fourth-order valence-corrected chi connectivity index (χ4v) is 10.4. The molecule has 4 atom stereocenters. The summed E-state index contributed by atoms with van der Waals surface area (Å²) < 4.78 is 41.7. The summed E-state index contributed by atoms with van der Waals surface area (Å²) in [6.45, 7) is 11.0. The summed E-state index contributed by atoms with van der Waals surface area (Å²) in [5.41, 5.74) is 4.25. The van der Waals surface area contributed by atoms with Gasteiger partial charge in [-0.2, -0.15) is 18.4 Å². The van der Waals surface area contributed by atoms with Crippen molar-refractivity contribution in [2.75, 3.05) is 31.1 Å². The third-order valence-corrected chi connectivity index (χ3v) is 12.8. The number of allylic oxidation sites excluding steroid dienone is 1. The number of carbonyl (C=O) groups is 1. The quantitative estimate of drug-likeness (QED) is 0.196. The Balaban J connectivity index is 0.975. The van der Waals surface area contributed by atoms with Gasteiger partial charge in [-0.05, 0) is 81.3 Å². The minimum Gasteiger partial charge on any atom is -0.355 e. The van der Waals surface area contributed by atoms with Crippen LogP contribution in [0.3, 0.4) is 0 Å². The van der Waals surface area contributed by atoms with Crippen LogP contribution in [0.1, 0.15) is 66.6 Å². The highest BCUT2D eigenvalue weighted by atomic mass is 32.1. The van der Waals surface area contributed by atoms with Gasteiger partial charge in [-0.15, -0.1) is 11.3 Å². The van der Waals surface area contributed by atoms with Crippen LogP contribution in [0, 0.1) is 41.9 Å². The lowest BCUT2D eigenvalue weighted by atomic mass is 9.86. The first-order chi connectivity index (χ1) is 23.9. The maximum absolute atomic E-state index is 13.2. The standard InChI is InChI=1S/C38H42F3N7OS/c1-4-33(49)45-31-17-37(8-7-25(31)15-37)22-48-27(18-42)13-29-23(2)26(5-6-32(29)48)19-46-11-9-36(20-46)10-12-47(21-36)34-30-14-28(16-38(39,40)41)50-35(30)44-24(3)43-34/h5-8,13-14,25,31H,4,9-12,15-17,19-22H2,1-3H3,(H,45,49). The molecule has 1 saturated carbocycles. The molecule has 1 N–H and O–H groups in total. The summed E-state index contributed by atoms with van der Waals surface area (Å²) in [5.74, 6) is 1.78. The molecule has 2 bridgehead atoms. The van der Waals surface area contributed by atoms with Gasteiger partial charge < -0.3 is 14.8 Å². The number of amides is 1. The number of aryl methyl sites for hydroxylation is 2. The molecule has 8 nitrogen and oxygen atoms in total. The molecule has 50 heavy (non-hydrogen) atoms. The first kappa shape index (κ1) is 33.2. The van der Waals surface area contributed by atoms with Crippen molar-refractivity contribution in [2.45, 2.75) is 84.6 Å². The second-order valence-electron chi connectivity index (χ2n) is 15.3. The number of alkyl halides is 3. The summed E-state index contributed by atoms with van der Waals surface area (Å²) >= 11 is 1.11. The van der Waals surface area contributed by atoms with Gasteiger partial charge in [0.1, 0.15) is 28.2 Å². The minimum absolute atomic E-state index is 0.0649. The number of nitrogens with one attached hydrogen (secondary N) is 1. The summed E-state index contributed by atoms with van der Waals surface area (Å²) in [4.78, 5) is 27.0. The SMILES string of the molecule is CCC(=O)NC1CC2(Cn3c(C#N)cc4c(C)c(CN5CCC6(CCN(c7nc(C)nc8sc(CC(F)(F)F)cc78)C6)C5)ccc43)C=CC1C2. The van der Waals surface area contributed by atoms with Crippen LogP contribution in [-0.2, 0) is 24.3 Å². The molecule has 4 unspecified atom stereocenters. The number of thiophene rings is 1. The smallest absolute Gasteiger partial charge is 0.355 e. The fourth-order valence-electron chi connectivity index (χ4n) is 9.31. The molecular formula is C38H42F3N7OS. The predicted octanol–water partition coefficient (Wildman–Crippen LogP) is 7.20. The number of carbonyl (C=O) groups excluding carboxylic acids is 1. The molecule has 8 rings (SSSR count). The van der Waals surface area contributed by atoms with Crippen LogP contribution in [0.5, 0.6) is 0 Å². The lowest BCUT2D eigenvalue weighted by molar-refractivity contribution is -0.126. The van der Waals surface area contributed by atoms with Gasteiger partial charge in [0.2, 0.25) is 5.91 Å². The number of nitrogens with zero attached hydrogens (tertiary/aromatic N) is 6. The zero-order chi connectivity index (χ0) is 35.0. The normalized spacial score (nSPS) is 26.3. The molecule has 4 aliphatic rings. The first-order valence-corrected chi connectivity index (χ1v) is 18.5. The van der Waals surface area contributed by atoms with Gasteiger partial charge in [-0.25, -0.2) is 9.97 Å². The van der Waals surface area contributed by atoms with Crippen molar-refractivity contribution in [3.05, 3.63) is 63.9 Å². The highest BCUT2D eigenvalue weighted by molar-refractivity contribution is 7.18. The Kier molecular flexibility index (Phi) is 8.03. The first-order valence-electron chi connectivity index (χ1n) is 17.7. The van der Waals surface area contributed by atoms with E-state index in [0.29, 0.717) is 28.7 Å². The molecule has 4 aromatic rings. The number of anilines is 1. The number of aromatic nitrogens is 3. The van der Waals surface area contributed by atoms with Crippen LogP contribution in [0.2, 0.25) is 0 Å². The van der Waals surface area contributed by atoms with Crippen LogP contribution in [0.15, 0.2) is 36.4 Å². The van der Waals surface area contributed by atoms with Crippen LogP contribution in [0.4, 0.5) is 19.0 Å². The van der Waals surface area contributed by atoms with Crippen LogP contribution >= 0.6 is 11.3 Å². The maximum Gasteiger partial charge on any atom is 0.393 e. The zero-order valence-corrected chi connectivity index (χ0v) is 29.6. The van der Waals surface area contributed by atoms with Crippen LogP contribution in [-0.4, -0.2) is 63.7 Å². The summed E-state index contributed by atoms with van der Waals surface area (Å²) in [5, 5.41) is 15.2. The van der Waals surface area contributed by atoms with Gasteiger partial charge in [-0.3, -0.25) is 9.69 Å². The molecular weight excluding hydrogens is 660 g/mol. The van der Waals surface area contributed by atoms with E-state index < -0.39 is 12.6 Å². The number of nitriles is 1. The Morgan fingerprint density at radius 3 is 2.72 bits per heavy atom. The lowest BCUT2D eigenvalue weighted by Gasteiger charge is -2.28. The molecule has 1 spiro atoms. The largest absolute Gasteiger partial charge is 0.393 e. The number of rotatable bonds is 8. The molecule has 262 valence electrons. The Bertz CT molecular complexity index is 2080. The molecule has 12 heteroatoms. The van der Waals surface area contributed by atoms with E-state index in [9.17, 15) is 23.2 Å². The van der Waals surface area contributed by atoms with Crippen molar-refractivity contribution < 1.29 is 18.0 Å². The van der Waals surface area contributed by atoms with E-state index in [4.69, 9.17) is 4.98 Å². The average molecular weight is 702 g/mol. The third kappa shape index (κ3) is 5.96. The van der Waals surface area contributed by atoms with Crippen molar-refractivity contribution in [3.63, 3.8) is 0 Å². The second kappa shape index (κ2) is 12.1. The van der Waals surface area contributed by atoms with Crippen molar-refractivity contribution in [2.24, 2.45) is 16.7 Å². The van der Waals surface area contributed by atoms with E-state index in [1.165, 1.54) is 11.1 Å². The second-order valence-corrected chi connectivity index (χ2v) is 16.4. The molecule has 2 aliphatic heterocycles. The number of likely N-dealkylation sites (tertiary alicyclic amines) is 1. The minimum atomic E-state index is -4.26. The van der Waals surface area contributed by atoms with E-state index in [1.54, 1.807) is 6.07 Å². The highest BCUT2D eigenvalue weighted by Gasteiger charge is 2.48. The summed E-state index contributed by atoms with van der Waals surface area (Å²) in [6, 6.07) is 10.7. The van der Waals surface area contributed by atoms with E-state index in [2.05, 4.69) is 61.9 Å². The molecule has 2 aliphatic carbocycles. The van der Waals surface area contributed by atoms with E-state index >= 15 is 0 Å². The number of benzene rings is 1. The molecule has 2 saturated heterocycles. The summed E-state index contributed by atoms with van der Waals surface area (Å²) in [7, 11) is 0. The van der Waals surface area contributed by atoms with E-state index in [1.807, 2.05) is 19.9 Å². The number of hydrogen-bond acceptors (Lipinski definition) is 7. The van der Waals surface area contributed by atoms with Crippen molar-refractivity contribution in [1.82, 2.24) is 24.8 Å². The summed E-state index contributed by atoms with van der Waals surface area (Å²) in [6.07, 6.45) is 3.81. The molecule has 1 amide bonds. The number of halogens is 3. The molecule has 0 radical (unpaired) electrons. The predicted molar refractivity (Wildman–Crippen MR) is 189 cm³/mol.